The van der Waals surface area contributed by atoms with Crippen LogP contribution in [-0.4, -0.2) is 37.7 Å². The zero-order chi connectivity index (χ0) is 12.8. The van der Waals surface area contributed by atoms with Crippen LogP contribution in [0.2, 0.25) is 0 Å². The summed E-state index contributed by atoms with van der Waals surface area (Å²) in [7, 11) is 2.20. The molecule has 0 bridgehead atoms. The van der Waals surface area contributed by atoms with Crippen LogP contribution in [0.1, 0.15) is 30.9 Å². The zero-order valence-corrected chi connectivity index (χ0v) is 11.2. The molecule has 3 nitrogen and oxygen atoms in total. The molecule has 1 aromatic carbocycles. The summed E-state index contributed by atoms with van der Waals surface area (Å²) in [5.41, 5.74) is 6.97. The van der Waals surface area contributed by atoms with Crippen molar-refractivity contribution in [1.82, 2.24) is 4.90 Å². The highest BCUT2D eigenvalue weighted by molar-refractivity contribution is 5.17. The smallest absolute Gasteiger partial charge is 0.0947 e. The van der Waals surface area contributed by atoms with Crippen molar-refractivity contribution in [3.05, 3.63) is 35.9 Å². The van der Waals surface area contributed by atoms with Gasteiger partial charge in [-0.15, -0.1) is 0 Å². The van der Waals surface area contributed by atoms with E-state index >= 15 is 0 Å². The molecule has 2 unspecified atom stereocenters. The highest BCUT2D eigenvalue weighted by Gasteiger charge is 2.20. The summed E-state index contributed by atoms with van der Waals surface area (Å²) in [5, 5.41) is 0. The van der Waals surface area contributed by atoms with Crippen LogP contribution in [0.4, 0.5) is 0 Å². The van der Waals surface area contributed by atoms with Gasteiger partial charge in [-0.3, -0.25) is 0 Å². The van der Waals surface area contributed by atoms with Gasteiger partial charge in [0.2, 0.25) is 0 Å². The maximum Gasteiger partial charge on any atom is 0.0947 e. The first-order chi connectivity index (χ1) is 8.81. The lowest BCUT2D eigenvalue weighted by Crippen LogP contribution is -2.27. The van der Waals surface area contributed by atoms with Gasteiger partial charge in [0.25, 0.3) is 0 Å². The third kappa shape index (κ3) is 3.55. The fourth-order valence-corrected chi connectivity index (χ4v) is 2.66. The van der Waals surface area contributed by atoms with E-state index in [2.05, 4.69) is 24.1 Å². The molecule has 0 radical (unpaired) electrons. The van der Waals surface area contributed by atoms with Crippen LogP contribution in [0, 0.1) is 0 Å². The van der Waals surface area contributed by atoms with Gasteiger partial charge >= 0.3 is 0 Å². The molecule has 0 aromatic heterocycles. The molecular weight excluding hydrogens is 224 g/mol. The summed E-state index contributed by atoms with van der Waals surface area (Å²) < 4.78 is 5.94. The second-order valence-corrected chi connectivity index (χ2v) is 5.07. The van der Waals surface area contributed by atoms with Gasteiger partial charge in [-0.1, -0.05) is 30.3 Å². The molecule has 3 heteroatoms. The first-order valence-corrected chi connectivity index (χ1v) is 6.88. The summed E-state index contributed by atoms with van der Waals surface area (Å²) >= 11 is 0. The molecular formula is C15H24N2O. The van der Waals surface area contributed by atoms with Crippen LogP contribution in [0.25, 0.3) is 0 Å². The molecule has 0 amide bonds. The van der Waals surface area contributed by atoms with E-state index in [9.17, 15) is 0 Å². The molecule has 0 aliphatic carbocycles. The van der Waals surface area contributed by atoms with Crippen LogP contribution >= 0.6 is 0 Å². The Kier molecular flexibility index (Phi) is 5.17. The number of nitrogens with two attached hydrogens (primary N) is 1. The Balaban J connectivity index is 1.77. The van der Waals surface area contributed by atoms with Gasteiger partial charge in [0.05, 0.1) is 6.10 Å². The summed E-state index contributed by atoms with van der Waals surface area (Å²) in [6.45, 7) is 2.57. The predicted octanol–water partition coefficient (Wildman–Crippen LogP) is 2.19. The summed E-state index contributed by atoms with van der Waals surface area (Å²) in [6.07, 6.45) is 3.77. The summed E-state index contributed by atoms with van der Waals surface area (Å²) in [6, 6.07) is 10.9. The fourth-order valence-electron chi connectivity index (χ4n) is 2.66. The minimum absolute atomic E-state index is 0.0397. The van der Waals surface area contributed by atoms with Crippen LogP contribution < -0.4 is 5.73 Å². The van der Waals surface area contributed by atoms with E-state index in [1.54, 1.807) is 0 Å². The van der Waals surface area contributed by atoms with Gasteiger partial charge in [-0.2, -0.15) is 0 Å². The topological polar surface area (TPSA) is 38.5 Å². The zero-order valence-electron chi connectivity index (χ0n) is 11.2. The summed E-state index contributed by atoms with van der Waals surface area (Å²) in [5.74, 6) is 0. The molecule has 18 heavy (non-hydrogen) atoms. The molecule has 2 rings (SSSR count). The molecule has 1 aromatic rings. The third-order valence-corrected chi connectivity index (χ3v) is 3.83. The maximum atomic E-state index is 5.94. The molecule has 2 atom stereocenters. The average molecular weight is 248 g/mol. The SMILES string of the molecule is CN1CCCC1CCOC(CN)c1ccccc1. The van der Waals surface area contributed by atoms with Crippen molar-refractivity contribution in [2.24, 2.45) is 5.73 Å². The monoisotopic (exact) mass is 248 g/mol. The van der Waals surface area contributed by atoms with E-state index in [1.807, 2.05) is 18.2 Å². The van der Waals surface area contributed by atoms with Crippen molar-refractivity contribution in [1.29, 1.82) is 0 Å². The van der Waals surface area contributed by atoms with Gasteiger partial charge in [0.15, 0.2) is 0 Å². The molecule has 1 saturated heterocycles. The van der Waals surface area contributed by atoms with E-state index in [-0.39, 0.29) is 6.10 Å². The van der Waals surface area contributed by atoms with Crippen LogP contribution in [0.15, 0.2) is 30.3 Å². The Morgan fingerprint density at radius 2 is 2.17 bits per heavy atom. The van der Waals surface area contributed by atoms with E-state index < -0.39 is 0 Å². The van der Waals surface area contributed by atoms with Crippen molar-refractivity contribution in [3.63, 3.8) is 0 Å². The van der Waals surface area contributed by atoms with Gasteiger partial charge in [-0.25, -0.2) is 0 Å². The first kappa shape index (κ1) is 13.5. The molecule has 1 aliphatic heterocycles. The lowest BCUT2D eigenvalue weighted by Gasteiger charge is -2.21. The average Bonchev–Trinajstić information content (AvgIpc) is 2.81. The lowest BCUT2D eigenvalue weighted by atomic mass is 10.1. The van der Waals surface area contributed by atoms with Crippen molar-refractivity contribution >= 4 is 0 Å². The van der Waals surface area contributed by atoms with E-state index in [0.29, 0.717) is 12.6 Å². The minimum atomic E-state index is 0.0397. The number of hydrogen-bond acceptors (Lipinski definition) is 3. The quantitative estimate of drug-likeness (QED) is 0.838. The fraction of sp³-hybridized carbons (Fsp3) is 0.600. The normalized spacial score (nSPS) is 22.2. The number of nitrogens with zero attached hydrogens (tertiary/aromatic N) is 1. The van der Waals surface area contributed by atoms with Gasteiger partial charge in [0, 0.05) is 19.2 Å². The molecule has 2 N–H and O–H groups in total. The maximum absolute atomic E-state index is 5.94. The largest absolute Gasteiger partial charge is 0.372 e. The number of likely N-dealkylation sites (tertiary alicyclic amines) is 1. The molecule has 1 fully saturated rings. The van der Waals surface area contributed by atoms with Crippen LogP contribution in [-0.2, 0) is 4.74 Å². The lowest BCUT2D eigenvalue weighted by molar-refractivity contribution is 0.0468. The second-order valence-electron chi connectivity index (χ2n) is 5.07. The Morgan fingerprint density at radius 1 is 1.39 bits per heavy atom. The Morgan fingerprint density at radius 3 is 2.78 bits per heavy atom. The van der Waals surface area contributed by atoms with Crippen molar-refractivity contribution in [3.8, 4) is 0 Å². The highest BCUT2D eigenvalue weighted by atomic mass is 16.5. The Hall–Kier alpha value is -0.900. The van der Waals surface area contributed by atoms with Crippen LogP contribution in [0.5, 0.6) is 0 Å². The standard InChI is InChI=1S/C15H24N2O/c1-17-10-5-8-14(17)9-11-18-15(12-16)13-6-3-2-4-7-13/h2-4,6-7,14-15H,5,8-12,16H2,1H3. The number of rotatable bonds is 6. The number of hydrogen-bond donors (Lipinski definition) is 1. The Labute approximate surface area is 110 Å². The molecule has 0 spiro atoms. The van der Waals surface area contributed by atoms with Crippen molar-refractivity contribution in [2.75, 3.05) is 26.7 Å². The first-order valence-electron chi connectivity index (χ1n) is 6.88. The minimum Gasteiger partial charge on any atom is -0.372 e. The summed E-state index contributed by atoms with van der Waals surface area (Å²) in [4.78, 5) is 2.43. The van der Waals surface area contributed by atoms with E-state index in [4.69, 9.17) is 10.5 Å². The van der Waals surface area contributed by atoms with Gasteiger partial charge < -0.3 is 15.4 Å². The number of benzene rings is 1. The molecule has 100 valence electrons. The van der Waals surface area contributed by atoms with Crippen molar-refractivity contribution < 1.29 is 4.74 Å². The third-order valence-electron chi connectivity index (χ3n) is 3.83. The van der Waals surface area contributed by atoms with E-state index in [1.165, 1.54) is 24.9 Å². The van der Waals surface area contributed by atoms with E-state index in [0.717, 1.165) is 13.0 Å². The molecule has 1 heterocycles. The highest BCUT2D eigenvalue weighted by Crippen LogP contribution is 2.20. The van der Waals surface area contributed by atoms with Gasteiger partial charge in [0.1, 0.15) is 0 Å². The van der Waals surface area contributed by atoms with Crippen LogP contribution in [0.3, 0.4) is 0 Å². The van der Waals surface area contributed by atoms with Crippen molar-refractivity contribution in [2.45, 2.75) is 31.4 Å². The second kappa shape index (κ2) is 6.88. The Bertz CT molecular complexity index is 342. The molecule has 0 saturated carbocycles. The predicted molar refractivity (Wildman–Crippen MR) is 74.5 cm³/mol. The molecule has 1 aliphatic rings. The number of ether oxygens (including phenoxy) is 1. The van der Waals surface area contributed by atoms with Gasteiger partial charge in [-0.05, 0) is 38.4 Å².